The summed E-state index contributed by atoms with van der Waals surface area (Å²) in [6, 6.07) is 10.4. The van der Waals surface area contributed by atoms with Gasteiger partial charge in [-0.2, -0.15) is 0 Å². The predicted molar refractivity (Wildman–Crippen MR) is 116 cm³/mol. The summed E-state index contributed by atoms with van der Waals surface area (Å²) in [4.78, 5) is 19.4. The van der Waals surface area contributed by atoms with Crippen LogP contribution in [0.25, 0.3) is 0 Å². The van der Waals surface area contributed by atoms with Crippen LogP contribution in [0.2, 0.25) is 0 Å². The normalized spacial score (nSPS) is 16.5. The number of nitrogens with zero attached hydrogens (tertiary/aromatic N) is 3. The van der Waals surface area contributed by atoms with Crippen LogP contribution in [-0.2, 0) is 12.0 Å². The first kappa shape index (κ1) is 21.0. The first-order chi connectivity index (χ1) is 14.7. The van der Waals surface area contributed by atoms with Crippen molar-refractivity contribution in [2.45, 2.75) is 45.2 Å². The number of rotatable bonds is 2. The van der Waals surface area contributed by atoms with E-state index in [2.05, 4.69) is 43.2 Å². The van der Waals surface area contributed by atoms with E-state index in [0.717, 1.165) is 36.5 Å². The average Bonchev–Trinajstić information content (AvgIpc) is 3.09. The summed E-state index contributed by atoms with van der Waals surface area (Å²) in [7, 11) is 0. The number of anilines is 1. The maximum atomic E-state index is 14.1. The highest BCUT2D eigenvalue weighted by Crippen LogP contribution is 2.33. The molecule has 0 saturated carbocycles. The molecule has 1 aliphatic heterocycles. The fourth-order valence-corrected chi connectivity index (χ4v) is 3.93. The molecule has 0 saturated heterocycles. The van der Waals surface area contributed by atoms with E-state index >= 15 is 0 Å². The topological polar surface area (TPSA) is 50.2 Å². The second-order valence-electron chi connectivity index (χ2n) is 8.85. The van der Waals surface area contributed by atoms with E-state index in [-0.39, 0.29) is 11.1 Å². The highest BCUT2D eigenvalue weighted by atomic mass is 19.1. The van der Waals surface area contributed by atoms with Gasteiger partial charge < -0.3 is 14.8 Å². The lowest BCUT2D eigenvalue weighted by Crippen LogP contribution is -2.39. The van der Waals surface area contributed by atoms with Gasteiger partial charge >= 0.3 is 6.03 Å². The fraction of sp³-hybridized carbons (Fsp3) is 0.333. The maximum Gasteiger partial charge on any atom is 0.322 e. The minimum Gasteiger partial charge on any atom is -0.333 e. The number of hydrogen-bond acceptors (Lipinski definition) is 2. The quantitative estimate of drug-likeness (QED) is 0.592. The molecule has 2 heterocycles. The SMILES string of the molecule is CC(C)(C)c1ccc(C2c3nccn3CCCN2C(=O)Nc2ccc(F)cc2F)cc1. The lowest BCUT2D eigenvalue weighted by molar-refractivity contribution is 0.198. The first-order valence-electron chi connectivity index (χ1n) is 10.4. The summed E-state index contributed by atoms with van der Waals surface area (Å²) < 4.78 is 29.4. The number of carbonyl (C=O) groups is 1. The van der Waals surface area contributed by atoms with E-state index in [1.54, 1.807) is 11.1 Å². The number of aromatic nitrogens is 2. The van der Waals surface area contributed by atoms with Crippen LogP contribution in [0.5, 0.6) is 0 Å². The molecule has 31 heavy (non-hydrogen) atoms. The molecule has 1 aliphatic rings. The molecule has 2 aromatic carbocycles. The zero-order valence-electron chi connectivity index (χ0n) is 17.9. The van der Waals surface area contributed by atoms with Crippen molar-refractivity contribution in [2.75, 3.05) is 11.9 Å². The van der Waals surface area contributed by atoms with Crippen molar-refractivity contribution in [1.29, 1.82) is 0 Å². The maximum absolute atomic E-state index is 14.1. The molecular formula is C24H26F2N4O. The first-order valence-corrected chi connectivity index (χ1v) is 10.4. The van der Waals surface area contributed by atoms with Gasteiger partial charge in [0.1, 0.15) is 23.5 Å². The summed E-state index contributed by atoms with van der Waals surface area (Å²) in [6.45, 7) is 7.66. The van der Waals surface area contributed by atoms with Crippen LogP contribution >= 0.6 is 0 Å². The molecule has 0 fully saturated rings. The van der Waals surface area contributed by atoms with Gasteiger partial charge in [-0.25, -0.2) is 18.6 Å². The Morgan fingerprint density at radius 3 is 2.52 bits per heavy atom. The van der Waals surface area contributed by atoms with Crippen LogP contribution < -0.4 is 5.32 Å². The van der Waals surface area contributed by atoms with Crippen LogP contribution in [0.4, 0.5) is 19.3 Å². The average molecular weight is 424 g/mol. The highest BCUT2D eigenvalue weighted by molar-refractivity contribution is 5.90. The number of carbonyl (C=O) groups excluding carboxylic acids is 1. The monoisotopic (exact) mass is 424 g/mol. The number of nitrogens with one attached hydrogen (secondary N) is 1. The Bertz CT molecular complexity index is 1090. The zero-order chi connectivity index (χ0) is 22.2. The lowest BCUT2D eigenvalue weighted by Gasteiger charge is -2.30. The molecule has 1 atom stereocenters. The van der Waals surface area contributed by atoms with Gasteiger partial charge in [0.25, 0.3) is 0 Å². The number of hydrogen-bond donors (Lipinski definition) is 1. The van der Waals surface area contributed by atoms with E-state index in [1.807, 2.05) is 22.9 Å². The third-order valence-corrected chi connectivity index (χ3v) is 5.63. The van der Waals surface area contributed by atoms with Gasteiger partial charge in [-0.05, 0) is 35.1 Å². The van der Waals surface area contributed by atoms with E-state index in [4.69, 9.17) is 0 Å². The number of halogens is 2. The molecule has 1 N–H and O–H groups in total. The Balaban J connectivity index is 1.70. The Morgan fingerprint density at radius 1 is 1.10 bits per heavy atom. The Morgan fingerprint density at radius 2 is 1.84 bits per heavy atom. The Hall–Kier alpha value is -3.22. The van der Waals surface area contributed by atoms with Crippen LogP contribution in [-0.4, -0.2) is 27.0 Å². The minimum absolute atomic E-state index is 0.0115. The van der Waals surface area contributed by atoms with Crippen molar-refractivity contribution in [3.8, 4) is 0 Å². The van der Waals surface area contributed by atoms with Gasteiger partial charge in [-0.15, -0.1) is 0 Å². The molecule has 1 unspecified atom stereocenters. The summed E-state index contributed by atoms with van der Waals surface area (Å²) in [5, 5.41) is 2.60. The molecule has 162 valence electrons. The molecule has 4 rings (SSSR count). The van der Waals surface area contributed by atoms with Crippen molar-refractivity contribution in [1.82, 2.24) is 14.5 Å². The van der Waals surface area contributed by atoms with Gasteiger partial charge in [-0.3, -0.25) is 0 Å². The molecule has 0 aliphatic carbocycles. The van der Waals surface area contributed by atoms with Crippen LogP contribution in [0.1, 0.15) is 50.2 Å². The molecule has 2 amide bonds. The van der Waals surface area contributed by atoms with Crippen molar-refractivity contribution in [2.24, 2.45) is 0 Å². The van der Waals surface area contributed by atoms with E-state index in [0.29, 0.717) is 6.54 Å². The van der Waals surface area contributed by atoms with Gasteiger partial charge in [-0.1, -0.05) is 45.0 Å². The smallest absolute Gasteiger partial charge is 0.322 e. The van der Waals surface area contributed by atoms with Crippen molar-refractivity contribution in [3.63, 3.8) is 0 Å². The molecule has 0 radical (unpaired) electrons. The number of amides is 2. The van der Waals surface area contributed by atoms with Crippen LogP contribution in [0.15, 0.2) is 54.9 Å². The number of fused-ring (bicyclic) bond motifs is 1. The third-order valence-electron chi connectivity index (χ3n) is 5.63. The van der Waals surface area contributed by atoms with E-state index in [9.17, 15) is 13.6 Å². The van der Waals surface area contributed by atoms with Crippen LogP contribution in [0, 0.1) is 11.6 Å². The molecule has 7 heteroatoms. The molecule has 0 bridgehead atoms. The Kier molecular flexibility index (Phi) is 5.52. The van der Waals surface area contributed by atoms with Gasteiger partial charge in [0.2, 0.25) is 0 Å². The third kappa shape index (κ3) is 4.31. The van der Waals surface area contributed by atoms with Crippen molar-refractivity contribution in [3.05, 3.63) is 83.4 Å². The Labute approximate surface area is 180 Å². The summed E-state index contributed by atoms with van der Waals surface area (Å²) in [6.07, 6.45) is 4.37. The molecule has 0 spiro atoms. The number of imidazole rings is 1. The van der Waals surface area contributed by atoms with Crippen molar-refractivity contribution >= 4 is 11.7 Å². The highest BCUT2D eigenvalue weighted by Gasteiger charge is 2.32. The second kappa shape index (κ2) is 8.13. The van der Waals surface area contributed by atoms with E-state index < -0.39 is 23.7 Å². The molecular weight excluding hydrogens is 398 g/mol. The largest absolute Gasteiger partial charge is 0.333 e. The van der Waals surface area contributed by atoms with E-state index in [1.165, 1.54) is 11.6 Å². The predicted octanol–water partition coefficient (Wildman–Crippen LogP) is 5.49. The fourth-order valence-electron chi connectivity index (χ4n) is 3.93. The lowest BCUT2D eigenvalue weighted by atomic mass is 9.86. The molecule has 3 aromatic rings. The van der Waals surface area contributed by atoms with Crippen molar-refractivity contribution < 1.29 is 13.6 Å². The van der Waals surface area contributed by atoms with Gasteiger partial charge in [0.05, 0.1) is 5.69 Å². The summed E-state index contributed by atoms with van der Waals surface area (Å²) in [5.74, 6) is -0.740. The van der Waals surface area contributed by atoms with Crippen LogP contribution in [0.3, 0.4) is 0 Å². The summed E-state index contributed by atoms with van der Waals surface area (Å²) >= 11 is 0. The zero-order valence-corrected chi connectivity index (χ0v) is 17.9. The number of urea groups is 1. The minimum atomic E-state index is -0.809. The molecule has 5 nitrogen and oxygen atoms in total. The second-order valence-corrected chi connectivity index (χ2v) is 8.85. The van der Waals surface area contributed by atoms with Gasteiger partial charge in [0, 0.05) is 31.5 Å². The molecule has 1 aromatic heterocycles. The number of benzene rings is 2. The number of aryl methyl sites for hydroxylation is 1. The van der Waals surface area contributed by atoms with Gasteiger partial charge in [0.15, 0.2) is 0 Å². The summed E-state index contributed by atoms with van der Waals surface area (Å²) in [5.41, 5.74) is 2.08. The standard InChI is InChI=1S/C24H26F2N4O/c1-24(2,3)17-7-5-16(6-8-17)21-22-27-11-14-29(22)12-4-13-30(21)23(31)28-20-10-9-18(25)15-19(20)26/h5-11,14-15,21H,4,12-13H2,1-3H3,(H,28,31).